The summed E-state index contributed by atoms with van der Waals surface area (Å²) in [5.74, 6) is 1.36. The number of benzene rings is 2. The van der Waals surface area contributed by atoms with E-state index < -0.39 is 0 Å². The molecule has 3 aromatic rings. The second kappa shape index (κ2) is 6.40. The number of hydrogen-bond acceptors (Lipinski definition) is 4. The summed E-state index contributed by atoms with van der Waals surface area (Å²) in [5.41, 5.74) is 2.04. The Balaban J connectivity index is 1.98. The van der Waals surface area contributed by atoms with Gasteiger partial charge in [-0.25, -0.2) is 4.79 Å². The zero-order valence-electron chi connectivity index (χ0n) is 12.9. The van der Waals surface area contributed by atoms with Crippen molar-refractivity contribution >= 4 is 23.1 Å². The van der Waals surface area contributed by atoms with Crippen LogP contribution in [0.15, 0.2) is 57.7 Å². The van der Waals surface area contributed by atoms with Crippen LogP contribution in [-0.4, -0.2) is 14.2 Å². The van der Waals surface area contributed by atoms with Gasteiger partial charge in [-0.15, -0.1) is 0 Å². The van der Waals surface area contributed by atoms with E-state index in [0.29, 0.717) is 17.1 Å². The van der Waals surface area contributed by atoms with Crippen molar-refractivity contribution in [3.05, 3.63) is 70.1 Å². The monoisotopic (exact) mass is 308 g/mol. The lowest BCUT2D eigenvalue weighted by Gasteiger charge is -2.09. The Morgan fingerprint density at radius 2 is 1.78 bits per heavy atom. The highest BCUT2D eigenvalue weighted by Crippen LogP contribution is 2.32. The predicted molar refractivity (Wildman–Crippen MR) is 91.0 cm³/mol. The van der Waals surface area contributed by atoms with E-state index in [1.165, 1.54) is 6.07 Å². The fraction of sp³-hybridized carbons (Fsp3) is 0.105. The van der Waals surface area contributed by atoms with E-state index in [1.807, 2.05) is 48.6 Å². The molecule has 116 valence electrons. The summed E-state index contributed by atoms with van der Waals surface area (Å²) in [4.78, 5) is 11.3. The summed E-state index contributed by atoms with van der Waals surface area (Å²) in [5, 5.41) is 0.890. The summed E-state index contributed by atoms with van der Waals surface area (Å²) < 4.78 is 15.9. The van der Waals surface area contributed by atoms with Crippen LogP contribution < -0.4 is 15.1 Å². The molecule has 0 saturated heterocycles. The van der Waals surface area contributed by atoms with Gasteiger partial charge in [0.25, 0.3) is 0 Å². The maximum absolute atomic E-state index is 11.3. The van der Waals surface area contributed by atoms with Crippen LogP contribution >= 0.6 is 0 Å². The van der Waals surface area contributed by atoms with Crippen LogP contribution in [0.1, 0.15) is 11.1 Å². The zero-order chi connectivity index (χ0) is 16.2. The number of fused-ring (bicyclic) bond motifs is 1. The van der Waals surface area contributed by atoms with Gasteiger partial charge in [0, 0.05) is 17.0 Å². The molecule has 1 aromatic heterocycles. The Morgan fingerprint density at radius 1 is 0.957 bits per heavy atom. The fourth-order valence-electron chi connectivity index (χ4n) is 2.41. The van der Waals surface area contributed by atoms with Crippen molar-refractivity contribution < 1.29 is 13.9 Å². The van der Waals surface area contributed by atoms with Gasteiger partial charge in [0.15, 0.2) is 11.5 Å². The number of ether oxygens (including phenoxy) is 2. The molecular formula is C19H16O4. The van der Waals surface area contributed by atoms with Gasteiger partial charge < -0.3 is 13.9 Å². The quantitative estimate of drug-likeness (QED) is 0.540. The summed E-state index contributed by atoms with van der Waals surface area (Å²) in [7, 11) is 3.22. The van der Waals surface area contributed by atoms with Crippen LogP contribution in [0, 0.1) is 0 Å². The highest BCUT2D eigenvalue weighted by molar-refractivity contribution is 5.82. The van der Waals surface area contributed by atoms with Crippen LogP contribution in [0.4, 0.5) is 0 Å². The Morgan fingerprint density at radius 3 is 2.57 bits per heavy atom. The van der Waals surface area contributed by atoms with Crippen LogP contribution in [0.5, 0.6) is 11.5 Å². The molecule has 2 aromatic carbocycles. The standard InChI is InChI=1S/C19H16O4/c1-21-16-5-3-4-15(19(16)22-2)9-7-13-6-8-14-10-11-18(20)23-17(14)12-13/h3-12H,1-2H3/b9-7+. The first-order valence-corrected chi connectivity index (χ1v) is 7.14. The molecule has 4 nitrogen and oxygen atoms in total. The number of hydrogen-bond donors (Lipinski definition) is 0. The predicted octanol–water partition coefficient (Wildman–Crippen LogP) is 3.98. The Hall–Kier alpha value is -3.01. The first kappa shape index (κ1) is 14.9. The summed E-state index contributed by atoms with van der Waals surface area (Å²) in [6.07, 6.45) is 3.87. The number of methoxy groups -OCH3 is 2. The van der Waals surface area contributed by atoms with Gasteiger partial charge in [-0.1, -0.05) is 36.4 Å². The average Bonchev–Trinajstić information content (AvgIpc) is 2.58. The Kier molecular flexibility index (Phi) is 4.15. The minimum atomic E-state index is -0.354. The Labute approximate surface area is 133 Å². The fourth-order valence-corrected chi connectivity index (χ4v) is 2.41. The van der Waals surface area contributed by atoms with Crippen LogP contribution in [-0.2, 0) is 0 Å². The molecule has 1 heterocycles. The molecule has 3 rings (SSSR count). The summed E-state index contributed by atoms with van der Waals surface area (Å²) >= 11 is 0. The molecule has 0 aliphatic rings. The second-order valence-electron chi connectivity index (χ2n) is 4.97. The van der Waals surface area contributed by atoms with Crippen molar-refractivity contribution in [1.29, 1.82) is 0 Å². The van der Waals surface area contributed by atoms with Gasteiger partial charge >= 0.3 is 5.63 Å². The molecule has 0 radical (unpaired) electrons. The number of rotatable bonds is 4. The van der Waals surface area contributed by atoms with Crippen LogP contribution in [0.3, 0.4) is 0 Å². The van der Waals surface area contributed by atoms with Gasteiger partial charge in [-0.3, -0.25) is 0 Å². The average molecular weight is 308 g/mol. The molecule has 0 atom stereocenters. The molecule has 0 aliphatic carbocycles. The lowest BCUT2D eigenvalue weighted by Crippen LogP contribution is -1.94. The molecule has 4 heteroatoms. The summed E-state index contributed by atoms with van der Waals surface area (Å²) in [6, 6.07) is 14.6. The first-order valence-electron chi connectivity index (χ1n) is 7.14. The maximum atomic E-state index is 11.3. The normalized spacial score (nSPS) is 11.0. The molecule has 0 N–H and O–H groups in total. The molecule has 0 saturated carbocycles. The third-order valence-corrected chi connectivity index (χ3v) is 3.54. The molecular weight excluding hydrogens is 292 g/mol. The van der Waals surface area contributed by atoms with E-state index >= 15 is 0 Å². The molecule has 0 amide bonds. The lowest BCUT2D eigenvalue weighted by atomic mass is 10.1. The summed E-state index contributed by atoms with van der Waals surface area (Å²) in [6.45, 7) is 0. The zero-order valence-corrected chi connectivity index (χ0v) is 12.9. The Bertz CT molecular complexity index is 922. The van der Waals surface area contributed by atoms with Crippen molar-refractivity contribution in [2.45, 2.75) is 0 Å². The molecule has 23 heavy (non-hydrogen) atoms. The lowest BCUT2D eigenvalue weighted by molar-refractivity contribution is 0.354. The van der Waals surface area contributed by atoms with E-state index in [4.69, 9.17) is 13.9 Å². The van der Waals surface area contributed by atoms with E-state index in [9.17, 15) is 4.79 Å². The van der Waals surface area contributed by atoms with E-state index in [1.54, 1.807) is 20.3 Å². The van der Waals surface area contributed by atoms with Gasteiger partial charge in [0.1, 0.15) is 5.58 Å². The van der Waals surface area contributed by atoms with E-state index in [-0.39, 0.29) is 5.63 Å². The molecule has 0 bridgehead atoms. The van der Waals surface area contributed by atoms with E-state index in [2.05, 4.69) is 0 Å². The van der Waals surface area contributed by atoms with Crippen molar-refractivity contribution in [2.75, 3.05) is 14.2 Å². The number of para-hydroxylation sites is 1. The van der Waals surface area contributed by atoms with Crippen molar-refractivity contribution in [3.8, 4) is 11.5 Å². The maximum Gasteiger partial charge on any atom is 0.336 e. The highest BCUT2D eigenvalue weighted by Gasteiger charge is 2.06. The third kappa shape index (κ3) is 3.11. The molecule has 0 unspecified atom stereocenters. The molecule has 0 aliphatic heterocycles. The SMILES string of the molecule is COc1cccc(/C=C/c2ccc3ccc(=O)oc3c2)c1OC. The third-order valence-electron chi connectivity index (χ3n) is 3.54. The molecule has 0 spiro atoms. The molecule has 0 fully saturated rings. The minimum Gasteiger partial charge on any atom is -0.493 e. The van der Waals surface area contributed by atoms with Gasteiger partial charge in [0.05, 0.1) is 14.2 Å². The van der Waals surface area contributed by atoms with E-state index in [0.717, 1.165) is 16.5 Å². The largest absolute Gasteiger partial charge is 0.493 e. The van der Waals surface area contributed by atoms with Gasteiger partial charge in [0.2, 0.25) is 0 Å². The van der Waals surface area contributed by atoms with Gasteiger partial charge in [-0.2, -0.15) is 0 Å². The smallest absolute Gasteiger partial charge is 0.336 e. The van der Waals surface area contributed by atoms with Crippen LogP contribution in [0.25, 0.3) is 23.1 Å². The van der Waals surface area contributed by atoms with Crippen molar-refractivity contribution in [1.82, 2.24) is 0 Å². The minimum absolute atomic E-state index is 0.354. The topological polar surface area (TPSA) is 48.7 Å². The second-order valence-corrected chi connectivity index (χ2v) is 4.97. The van der Waals surface area contributed by atoms with Crippen LogP contribution in [0.2, 0.25) is 0 Å². The highest BCUT2D eigenvalue weighted by atomic mass is 16.5. The van der Waals surface area contributed by atoms with Gasteiger partial charge in [-0.05, 0) is 23.8 Å². The van der Waals surface area contributed by atoms with Crippen molar-refractivity contribution in [2.24, 2.45) is 0 Å². The first-order chi connectivity index (χ1) is 11.2. The van der Waals surface area contributed by atoms with Crippen molar-refractivity contribution in [3.63, 3.8) is 0 Å².